The molecule has 0 saturated carbocycles. The normalized spacial score (nSPS) is 8.06. The van der Waals surface area contributed by atoms with Crippen molar-refractivity contribution in [3.63, 3.8) is 0 Å². The quantitative estimate of drug-likeness (QED) is 0.698. The standard InChI is InChI=1S/C8H6O4.C2H4O2.Cd/c9-7(10)5-1-2-6(4-3-5)8(11)12;1-2(3)4;/h1-4H,(H,9,10)(H,11,12);1H3,(H,3,4);. The first-order valence-corrected chi connectivity index (χ1v) is 4.10. The van der Waals surface area contributed by atoms with Crippen LogP contribution in [0.3, 0.4) is 0 Å². The zero-order chi connectivity index (χ0) is 12.7. The van der Waals surface area contributed by atoms with E-state index in [0.717, 1.165) is 6.92 Å². The van der Waals surface area contributed by atoms with Crippen LogP contribution in [0.15, 0.2) is 24.3 Å². The molecule has 0 aliphatic carbocycles. The molecule has 1 aromatic carbocycles. The van der Waals surface area contributed by atoms with Gasteiger partial charge in [-0.05, 0) is 24.3 Å². The number of hydrogen-bond donors (Lipinski definition) is 3. The molecule has 0 atom stereocenters. The maximum absolute atomic E-state index is 10.3. The molecule has 0 unspecified atom stereocenters. The molecule has 3 N–H and O–H groups in total. The molecule has 0 aliphatic rings. The summed E-state index contributed by atoms with van der Waals surface area (Å²) in [7, 11) is 0. The van der Waals surface area contributed by atoms with E-state index in [0.29, 0.717) is 0 Å². The Morgan fingerprint density at radius 2 is 1.00 bits per heavy atom. The van der Waals surface area contributed by atoms with Crippen LogP contribution in [0.1, 0.15) is 27.6 Å². The number of aromatic carboxylic acids is 2. The van der Waals surface area contributed by atoms with Crippen LogP contribution >= 0.6 is 0 Å². The minimum absolute atomic E-state index is 0. The van der Waals surface area contributed by atoms with Crippen molar-refractivity contribution in [2.75, 3.05) is 0 Å². The summed E-state index contributed by atoms with van der Waals surface area (Å²) in [5.41, 5.74) is 0.167. The first-order valence-electron chi connectivity index (χ1n) is 4.10. The van der Waals surface area contributed by atoms with Crippen molar-refractivity contribution in [3.8, 4) is 0 Å². The summed E-state index contributed by atoms with van der Waals surface area (Å²) in [5.74, 6) is -2.96. The van der Waals surface area contributed by atoms with Crippen LogP contribution < -0.4 is 0 Å². The molecule has 0 aromatic heterocycles. The Kier molecular flexibility index (Phi) is 9.15. The molecule has 1 aromatic rings. The number of benzene rings is 1. The van der Waals surface area contributed by atoms with E-state index in [1.165, 1.54) is 24.3 Å². The van der Waals surface area contributed by atoms with Gasteiger partial charge in [0.15, 0.2) is 0 Å². The van der Waals surface area contributed by atoms with Gasteiger partial charge in [-0.1, -0.05) is 0 Å². The van der Waals surface area contributed by atoms with E-state index < -0.39 is 17.9 Å². The van der Waals surface area contributed by atoms with E-state index >= 15 is 0 Å². The van der Waals surface area contributed by atoms with E-state index in [1.54, 1.807) is 0 Å². The summed E-state index contributed by atoms with van der Waals surface area (Å²) >= 11 is 0. The van der Waals surface area contributed by atoms with E-state index in [4.69, 9.17) is 20.1 Å². The summed E-state index contributed by atoms with van der Waals surface area (Å²) < 4.78 is 0. The third-order valence-corrected chi connectivity index (χ3v) is 1.38. The average Bonchev–Trinajstić information content (AvgIpc) is 2.17. The zero-order valence-corrected chi connectivity index (χ0v) is 13.1. The van der Waals surface area contributed by atoms with Crippen molar-refractivity contribution in [2.24, 2.45) is 0 Å². The molecule has 6 nitrogen and oxygen atoms in total. The van der Waals surface area contributed by atoms with Gasteiger partial charge in [-0.2, -0.15) is 0 Å². The first kappa shape index (κ1) is 17.9. The fraction of sp³-hybridized carbons (Fsp3) is 0.100. The number of aliphatic carboxylic acids is 1. The minimum Gasteiger partial charge on any atom is -0.481 e. The Balaban J connectivity index is 0. The predicted molar refractivity (Wildman–Crippen MR) is 53.7 cm³/mol. The van der Waals surface area contributed by atoms with Crippen molar-refractivity contribution < 1.29 is 57.0 Å². The minimum atomic E-state index is -1.06. The molecule has 1 rings (SSSR count). The van der Waals surface area contributed by atoms with Crippen LogP contribution in [0.2, 0.25) is 0 Å². The van der Waals surface area contributed by atoms with Gasteiger partial charge in [-0.15, -0.1) is 0 Å². The third kappa shape index (κ3) is 8.37. The molecule has 17 heavy (non-hydrogen) atoms. The summed E-state index contributed by atoms with van der Waals surface area (Å²) in [4.78, 5) is 29.7. The monoisotopic (exact) mass is 340 g/mol. The van der Waals surface area contributed by atoms with Gasteiger partial charge in [0.2, 0.25) is 0 Å². The molecule has 0 bridgehead atoms. The molecular formula is C10H10CdO6. The molecule has 0 saturated heterocycles. The molecule has 0 spiro atoms. The van der Waals surface area contributed by atoms with Gasteiger partial charge in [0.05, 0.1) is 11.1 Å². The predicted octanol–water partition coefficient (Wildman–Crippen LogP) is 1.17. The second kappa shape index (κ2) is 8.68. The van der Waals surface area contributed by atoms with Crippen LogP contribution in [0, 0.1) is 0 Å². The van der Waals surface area contributed by atoms with Crippen LogP contribution in [0.5, 0.6) is 0 Å². The molecule has 0 amide bonds. The van der Waals surface area contributed by atoms with Crippen molar-refractivity contribution in [3.05, 3.63) is 35.4 Å². The van der Waals surface area contributed by atoms with E-state index in [9.17, 15) is 9.59 Å². The number of carbonyl (C=O) groups is 3. The van der Waals surface area contributed by atoms with Crippen LogP contribution in [0.4, 0.5) is 0 Å². The molecule has 0 aliphatic heterocycles. The summed E-state index contributed by atoms with van der Waals surface area (Å²) in [5, 5.41) is 24.4. The average molecular weight is 339 g/mol. The van der Waals surface area contributed by atoms with Gasteiger partial charge < -0.3 is 15.3 Å². The second-order valence-corrected chi connectivity index (χ2v) is 2.71. The van der Waals surface area contributed by atoms with Gasteiger partial charge in [0.1, 0.15) is 0 Å². The number of rotatable bonds is 2. The topological polar surface area (TPSA) is 112 Å². The molecular weight excluding hydrogens is 329 g/mol. The molecule has 88 valence electrons. The van der Waals surface area contributed by atoms with E-state index in [-0.39, 0.29) is 38.4 Å². The van der Waals surface area contributed by atoms with Gasteiger partial charge >= 0.3 is 11.9 Å². The second-order valence-electron chi connectivity index (χ2n) is 2.71. The Hall–Kier alpha value is -1.45. The van der Waals surface area contributed by atoms with Crippen molar-refractivity contribution in [1.29, 1.82) is 0 Å². The SMILES string of the molecule is CC(=O)O.O=C(O)c1ccc(C(=O)O)cc1.[Cd]. The number of carboxylic acids is 3. The van der Waals surface area contributed by atoms with Gasteiger partial charge in [-0.3, -0.25) is 4.79 Å². The maximum atomic E-state index is 10.3. The Labute approximate surface area is 117 Å². The van der Waals surface area contributed by atoms with E-state index in [2.05, 4.69) is 0 Å². The summed E-state index contributed by atoms with van der Waals surface area (Å²) in [6.45, 7) is 1.08. The molecule has 7 heteroatoms. The smallest absolute Gasteiger partial charge is 0.335 e. The van der Waals surface area contributed by atoms with Crippen LogP contribution in [-0.2, 0) is 32.1 Å². The van der Waals surface area contributed by atoms with Crippen molar-refractivity contribution in [1.82, 2.24) is 0 Å². The Bertz CT molecular complexity index is 361. The van der Waals surface area contributed by atoms with Gasteiger partial charge in [0, 0.05) is 34.2 Å². The Morgan fingerprint density at radius 3 is 1.12 bits per heavy atom. The molecule has 0 heterocycles. The van der Waals surface area contributed by atoms with Crippen molar-refractivity contribution in [2.45, 2.75) is 6.92 Å². The summed E-state index contributed by atoms with van der Waals surface area (Å²) in [6.07, 6.45) is 0. The third-order valence-electron chi connectivity index (χ3n) is 1.38. The van der Waals surface area contributed by atoms with Gasteiger partial charge in [-0.25, -0.2) is 9.59 Å². The maximum Gasteiger partial charge on any atom is 0.335 e. The van der Waals surface area contributed by atoms with E-state index in [1.807, 2.05) is 0 Å². The zero-order valence-electron chi connectivity index (χ0n) is 9.08. The van der Waals surface area contributed by atoms with Crippen LogP contribution in [0.25, 0.3) is 0 Å². The number of carboxylic acid groups (broad SMARTS) is 3. The van der Waals surface area contributed by atoms with Gasteiger partial charge in [0.25, 0.3) is 5.97 Å². The Morgan fingerprint density at radius 1 is 0.824 bits per heavy atom. The van der Waals surface area contributed by atoms with Crippen LogP contribution in [-0.4, -0.2) is 33.2 Å². The number of hydrogen-bond acceptors (Lipinski definition) is 3. The molecule has 0 fully saturated rings. The fourth-order valence-electron chi connectivity index (χ4n) is 0.755. The largest absolute Gasteiger partial charge is 0.481 e. The summed E-state index contributed by atoms with van der Waals surface area (Å²) in [6, 6.07) is 5.02. The first-order chi connectivity index (χ1) is 7.34. The molecule has 0 radical (unpaired) electrons. The van der Waals surface area contributed by atoms with Crippen molar-refractivity contribution >= 4 is 17.9 Å². The fourth-order valence-corrected chi connectivity index (χ4v) is 0.755.